The molecular formula is C8H9ClN2S. The van der Waals surface area contributed by atoms with Crippen LogP contribution >= 0.6 is 23.4 Å². The molecule has 1 heterocycles. The van der Waals surface area contributed by atoms with Gasteiger partial charge in [0.05, 0.1) is 5.69 Å². The molecule has 0 spiro atoms. The third kappa shape index (κ3) is 2.75. The lowest BCUT2D eigenvalue weighted by Crippen LogP contribution is -1.91. The van der Waals surface area contributed by atoms with Gasteiger partial charge in [-0.25, -0.2) is 4.98 Å². The van der Waals surface area contributed by atoms with E-state index in [0.29, 0.717) is 16.5 Å². The van der Waals surface area contributed by atoms with Gasteiger partial charge in [0.2, 0.25) is 0 Å². The molecule has 0 aliphatic carbocycles. The summed E-state index contributed by atoms with van der Waals surface area (Å²) in [6, 6.07) is 3.61. The number of nitrogen functional groups attached to an aromatic ring is 1. The number of nitrogens with zero attached hydrogens (tertiary/aromatic N) is 1. The summed E-state index contributed by atoms with van der Waals surface area (Å²) >= 11 is 7.08. The number of halogens is 1. The standard InChI is InChI=1S/C8H9ClN2S/c1-6(9)5-12-8-7(10)3-2-4-11-8/h2-4H,1,5,10H2. The Morgan fingerprint density at radius 2 is 2.50 bits per heavy atom. The summed E-state index contributed by atoms with van der Waals surface area (Å²) in [5, 5.41) is 1.41. The second kappa shape index (κ2) is 4.38. The first kappa shape index (κ1) is 9.42. The predicted molar refractivity (Wildman–Crippen MR) is 54.4 cm³/mol. The fourth-order valence-corrected chi connectivity index (χ4v) is 1.50. The molecule has 0 amide bonds. The molecule has 0 aliphatic rings. The van der Waals surface area contributed by atoms with Gasteiger partial charge in [0, 0.05) is 17.0 Å². The van der Waals surface area contributed by atoms with E-state index in [1.54, 1.807) is 12.3 Å². The smallest absolute Gasteiger partial charge is 0.119 e. The topological polar surface area (TPSA) is 38.9 Å². The van der Waals surface area contributed by atoms with Crippen LogP contribution in [0.3, 0.4) is 0 Å². The Hall–Kier alpha value is -0.670. The van der Waals surface area contributed by atoms with Gasteiger partial charge >= 0.3 is 0 Å². The van der Waals surface area contributed by atoms with Gasteiger partial charge in [0.25, 0.3) is 0 Å². The average molecular weight is 201 g/mol. The largest absolute Gasteiger partial charge is 0.397 e. The fraction of sp³-hybridized carbons (Fsp3) is 0.125. The minimum Gasteiger partial charge on any atom is -0.397 e. The highest BCUT2D eigenvalue weighted by Crippen LogP contribution is 2.23. The molecule has 2 nitrogen and oxygen atoms in total. The van der Waals surface area contributed by atoms with E-state index < -0.39 is 0 Å². The molecule has 12 heavy (non-hydrogen) atoms. The number of thioether (sulfide) groups is 1. The summed E-state index contributed by atoms with van der Waals surface area (Å²) in [5.74, 6) is 0.642. The van der Waals surface area contributed by atoms with Crippen LogP contribution in [0.2, 0.25) is 0 Å². The van der Waals surface area contributed by atoms with Crippen LogP contribution < -0.4 is 5.73 Å². The summed E-state index contributed by atoms with van der Waals surface area (Å²) in [6.07, 6.45) is 1.70. The number of rotatable bonds is 3. The highest BCUT2D eigenvalue weighted by Gasteiger charge is 1.99. The van der Waals surface area contributed by atoms with E-state index in [1.807, 2.05) is 6.07 Å². The lowest BCUT2D eigenvalue weighted by molar-refractivity contribution is 1.14. The first-order valence-electron chi connectivity index (χ1n) is 3.36. The van der Waals surface area contributed by atoms with Crippen molar-refractivity contribution >= 4 is 29.1 Å². The molecule has 0 unspecified atom stereocenters. The van der Waals surface area contributed by atoms with E-state index in [2.05, 4.69) is 11.6 Å². The lowest BCUT2D eigenvalue weighted by atomic mass is 10.4. The Morgan fingerprint density at radius 3 is 3.08 bits per heavy atom. The summed E-state index contributed by atoms with van der Waals surface area (Å²) in [5.41, 5.74) is 6.33. The van der Waals surface area contributed by atoms with Gasteiger partial charge in [-0.15, -0.1) is 0 Å². The van der Waals surface area contributed by atoms with Crippen molar-refractivity contribution in [3.8, 4) is 0 Å². The van der Waals surface area contributed by atoms with Gasteiger partial charge in [-0.1, -0.05) is 29.9 Å². The van der Waals surface area contributed by atoms with Crippen LogP contribution in [0.5, 0.6) is 0 Å². The molecule has 0 radical (unpaired) electrons. The molecule has 0 saturated carbocycles. The molecule has 2 N–H and O–H groups in total. The Kier molecular flexibility index (Phi) is 3.44. The first-order chi connectivity index (χ1) is 5.70. The zero-order valence-corrected chi connectivity index (χ0v) is 8.03. The van der Waals surface area contributed by atoms with Crippen LogP contribution in [-0.4, -0.2) is 10.7 Å². The molecule has 4 heteroatoms. The van der Waals surface area contributed by atoms with Crippen LogP contribution in [0.25, 0.3) is 0 Å². The van der Waals surface area contributed by atoms with Crippen LogP contribution in [-0.2, 0) is 0 Å². The third-order valence-corrected chi connectivity index (χ3v) is 2.57. The Morgan fingerprint density at radius 1 is 1.75 bits per heavy atom. The van der Waals surface area contributed by atoms with Crippen molar-refractivity contribution in [1.29, 1.82) is 0 Å². The minimum absolute atomic E-state index is 0.602. The molecule has 0 aliphatic heterocycles. The number of anilines is 1. The van der Waals surface area contributed by atoms with Crippen molar-refractivity contribution in [2.24, 2.45) is 0 Å². The Labute approximate surface area is 80.8 Å². The Bertz CT molecular complexity index is 288. The zero-order chi connectivity index (χ0) is 8.97. The summed E-state index contributed by atoms with van der Waals surface area (Å²) in [4.78, 5) is 4.09. The van der Waals surface area contributed by atoms with E-state index >= 15 is 0 Å². The highest BCUT2D eigenvalue weighted by molar-refractivity contribution is 7.99. The maximum Gasteiger partial charge on any atom is 0.119 e. The van der Waals surface area contributed by atoms with E-state index in [4.69, 9.17) is 17.3 Å². The van der Waals surface area contributed by atoms with Crippen molar-refractivity contribution in [1.82, 2.24) is 4.98 Å². The SMILES string of the molecule is C=C(Cl)CSc1ncccc1N. The van der Waals surface area contributed by atoms with Crippen molar-refractivity contribution in [2.75, 3.05) is 11.5 Å². The normalized spacial score (nSPS) is 9.75. The van der Waals surface area contributed by atoms with E-state index in [9.17, 15) is 0 Å². The second-order valence-corrected chi connectivity index (χ2v) is 3.70. The molecule has 64 valence electrons. The van der Waals surface area contributed by atoms with E-state index in [1.165, 1.54) is 11.8 Å². The maximum absolute atomic E-state index is 5.65. The average Bonchev–Trinajstić information content (AvgIpc) is 2.03. The molecule has 1 rings (SSSR count). The number of hydrogen-bond acceptors (Lipinski definition) is 3. The number of hydrogen-bond donors (Lipinski definition) is 1. The molecule has 0 aromatic carbocycles. The first-order valence-corrected chi connectivity index (χ1v) is 4.73. The molecular weight excluding hydrogens is 192 g/mol. The number of nitrogens with two attached hydrogens (primary N) is 1. The molecule has 0 atom stereocenters. The zero-order valence-electron chi connectivity index (χ0n) is 6.46. The van der Waals surface area contributed by atoms with Crippen molar-refractivity contribution in [3.63, 3.8) is 0 Å². The molecule has 0 bridgehead atoms. The molecule has 1 aromatic rings. The molecule has 0 fully saturated rings. The predicted octanol–water partition coefficient (Wildman–Crippen LogP) is 2.51. The van der Waals surface area contributed by atoms with Gasteiger partial charge in [0.15, 0.2) is 0 Å². The van der Waals surface area contributed by atoms with E-state index in [0.717, 1.165) is 5.03 Å². The van der Waals surface area contributed by atoms with Gasteiger partial charge in [0.1, 0.15) is 5.03 Å². The third-order valence-electron chi connectivity index (χ3n) is 1.17. The summed E-state index contributed by atoms with van der Waals surface area (Å²) < 4.78 is 0. The van der Waals surface area contributed by atoms with Gasteiger partial charge < -0.3 is 5.73 Å². The van der Waals surface area contributed by atoms with Crippen LogP contribution in [0, 0.1) is 0 Å². The van der Waals surface area contributed by atoms with Crippen LogP contribution in [0.1, 0.15) is 0 Å². The minimum atomic E-state index is 0.602. The van der Waals surface area contributed by atoms with Crippen molar-refractivity contribution in [3.05, 3.63) is 29.9 Å². The van der Waals surface area contributed by atoms with Crippen LogP contribution in [0.4, 0.5) is 5.69 Å². The number of aromatic nitrogens is 1. The van der Waals surface area contributed by atoms with Gasteiger partial charge in [-0.2, -0.15) is 0 Å². The number of pyridine rings is 1. The van der Waals surface area contributed by atoms with Crippen LogP contribution in [0.15, 0.2) is 35.0 Å². The fourth-order valence-electron chi connectivity index (χ4n) is 0.671. The lowest BCUT2D eigenvalue weighted by Gasteiger charge is -2.01. The highest BCUT2D eigenvalue weighted by atomic mass is 35.5. The summed E-state index contributed by atoms with van der Waals surface area (Å²) in [7, 11) is 0. The van der Waals surface area contributed by atoms with Gasteiger partial charge in [-0.05, 0) is 12.1 Å². The molecule has 0 saturated heterocycles. The van der Waals surface area contributed by atoms with Gasteiger partial charge in [-0.3, -0.25) is 0 Å². The molecule has 1 aromatic heterocycles. The van der Waals surface area contributed by atoms with Crippen molar-refractivity contribution < 1.29 is 0 Å². The van der Waals surface area contributed by atoms with Crippen molar-refractivity contribution in [2.45, 2.75) is 5.03 Å². The Balaban J connectivity index is 2.63. The quantitative estimate of drug-likeness (QED) is 0.763. The van der Waals surface area contributed by atoms with E-state index in [-0.39, 0.29) is 0 Å². The second-order valence-electron chi connectivity index (χ2n) is 2.20. The summed E-state index contributed by atoms with van der Waals surface area (Å²) in [6.45, 7) is 3.58. The maximum atomic E-state index is 5.65. The monoisotopic (exact) mass is 200 g/mol.